The van der Waals surface area contributed by atoms with Gasteiger partial charge in [-0.1, -0.05) is 10.9 Å². The summed E-state index contributed by atoms with van der Waals surface area (Å²) in [5, 5.41) is -0.373. The molecule has 0 saturated heterocycles. The number of nitrogens with zero attached hydrogens (tertiary/aromatic N) is 1. The van der Waals surface area contributed by atoms with Crippen LogP contribution in [-0.4, -0.2) is 47.0 Å². The molecule has 0 fully saturated rings. The number of hydrogen-bond acceptors (Lipinski definition) is 4. The molecule has 11 heteroatoms. The SMILES string of the molecule is CCOC(OCC)O[Si]CCCCN(F)C(=O)c1cc(F)c(F)c(F)c1F. The van der Waals surface area contributed by atoms with E-state index in [9.17, 15) is 26.8 Å². The van der Waals surface area contributed by atoms with E-state index in [1.807, 2.05) is 0 Å². The van der Waals surface area contributed by atoms with Gasteiger partial charge in [0.25, 0.3) is 12.4 Å². The zero-order valence-corrected chi connectivity index (χ0v) is 15.9. The van der Waals surface area contributed by atoms with Gasteiger partial charge in [-0.2, -0.15) is 5.12 Å². The molecule has 27 heavy (non-hydrogen) atoms. The molecule has 1 aromatic carbocycles. The number of halogens is 5. The highest BCUT2D eigenvalue weighted by Gasteiger charge is 2.26. The lowest BCUT2D eigenvalue weighted by atomic mass is 10.1. The molecule has 0 heterocycles. The molecule has 0 N–H and O–H groups in total. The summed E-state index contributed by atoms with van der Waals surface area (Å²) in [5.74, 6) is -9.52. The van der Waals surface area contributed by atoms with Gasteiger partial charge >= 0.3 is 0 Å². The number of carbonyl (C=O) groups excluding carboxylic acids is 1. The van der Waals surface area contributed by atoms with Crippen molar-refractivity contribution in [2.75, 3.05) is 19.8 Å². The Morgan fingerprint density at radius 3 is 2.30 bits per heavy atom. The van der Waals surface area contributed by atoms with Gasteiger partial charge in [-0.25, -0.2) is 17.6 Å². The van der Waals surface area contributed by atoms with Crippen LogP contribution in [0.4, 0.5) is 22.0 Å². The summed E-state index contributed by atoms with van der Waals surface area (Å²) in [6.45, 7) is 3.19. The molecule has 2 radical (unpaired) electrons. The smallest absolute Gasteiger partial charge is 0.284 e. The van der Waals surface area contributed by atoms with E-state index >= 15 is 0 Å². The van der Waals surface area contributed by atoms with Gasteiger partial charge in [0.2, 0.25) is 9.76 Å². The van der Waals surface area contributed by atoms with Gasteiger partial charge in [0.05, 0.1) is 12.1 Å². The monoisotopic (exact) mass is 413 g/mol. The molecule has 0 atom stereocenters. The number of carbonyl (C=O) groups is 1. The lowest BCUT2D eigenvalue weighted by molar-refractivity contribution is -0.243. The van der Waals surface area contributed by atoms with Crippen molar-refractivity contribution in [3.63, 3.8) is 0 Å². The Bertz CT molecular complexity index is 617. The molecule has 0 aliphatic heterocycles. The van der Waals surface area contributed by atoms with E-state index in [1.54, 1.807) is 13.8 Å². The van der Waals surface area contributed by atoms with Gasteiger partial charge in [-0.05, 0) is 32.4 Å². The van der Waals surface area contributed by atoms with E-state index in [1.165, 1.54) is 0 Å². The minimum absolute atomic E-state index is 0.0193. The lowest BCUT2D eigenvalue weighted by Gasteiger charge is -2.17. The Hall–Kier alpha value is -1.56. The fraction of sp³-hybridized carbons (Fsp3) is 0.562. The number of unbranched alkanes of at least 4 members (excludes halogenated alkanes) is 1. The third-order valence-corrected chi connectivity index (χ3v) is 4.14. The second-order valence-electron chi connectivity index (χ2n) is 5.16. The minimum Gasteiger partial charge on any atom is -0.372 e. The molecule has 0 aromatic heterocycles. The first kappa shape index (κ1) is 23.5. The Kier molecular flexibility index (Phi) is 10.4. The molecule has 0 aliphatic carbocycles. The van der Waals surface area contributed by atoms with E-state index in [2.05, 4.69) is 0 Å². The van der Waals surface area contributed by atoms with Gasteiger partial charge in [0.15, 0.2) is 23.3 Å². The number of ether oxygens (including phenoxy) is 2. The minimum atomic E-state index is -2.16. The van der Waals surface area contributed by atoms with Crippen molar-refractivity contribution in [2.45, 2.75) is 39.2 Å². The third-order valence-electron chi connectivity index (χ3n) is 3.22. The maximum absolute atomic E-state index is 13.8. The predicted molar refractivity (Wildman–Crippen MR) is 86.3 cm³/mol. The average molecular weight is 413 g/mol. The molecule has 0 bridgehead atoms. The molecular formula is C16H20F5NO4Si. The van der Waals surface area contributed by atoms with Crippen molar-refractivity contribution in [2.24, 2.45) is 0 Å². The summed E-state index contributed by atoms with van der Waals surface area (Å²) >= 11 is 0. The van der Waals surface area contributed by atoms with Crippen LogP contribution < -0.4 is 0 Å². The van der Waals surface area contributed by atoms with Crippen LogP contribution in [0, 0.1) is 23.3 Å². The Labute approximate surface area is 156 Å². The number of hydrogen-bond donors (Lipinski definition) is 0. The summed E-state index contributed by atoms with van der Waals surface area (Å²) < 4.78 is 82.1. The number of benzene rings is 1. The van der Waals surface area contributed by atoms with Crippen LogP contribution in [-0.2, 0) is 13.9 Å². The first-order chi connectivity index (χ1) is 12.8. The van der Waals surface area contributed by atoms with Crippen LogP contribution in [0.1, 0.15) is 37.0 Å². The summed E-state index contributed by atoms with van der Waals surface area (Å²) in [7, 11) is 0.0193. The highest BCUT2D eigenvalue weighted by molar-refractivity contribution is 6.27. The second kappa shape index (κ2) is 12.0. The van der Waals surface area contributed by atoms with Crippen LogP contribution in [0.5, 0.6) is 0 Å². The molecule has 0 saturated carbocycles. The Morgan fingerprint density at radius 1 is 1.07 bits per heavy atom. The lowest BCUT2D eigenvalue weighted by Crippen LogP contribution is -2.26. The van der Waals surface area contributed by atoms with Gasteiger partial charge in [-0.3, -0.25) is 4.79 Å². The molecule has 152 valence electrons. The Balaban J connectivity index is 2.41. The summed E-state index contributed by atoms with van der Waals surface area (Å²) in [4.78, 5) is 11.7. The molecule has 1 amide bonds. The van der Waals surface area contributed by atoms with Crippen molar-refractivity contribution in [1.29, 1.82) is 0 Å². The van der Waals surface area contributed by atoms with Crippen molar-refractivity contribution >= 4 is 15.7 Å². The maximum atomic E-state index is 13.8. The quantitative estimate of drug-likeness (QED) is 0.0996. The standard InChI is InChI=1S/C16H20F5NO4Si/c1-3-24-16(25-4-2)26-27-8-6-5-7-22(21)15(23)10-9-11(17)13(19)14(20)12(10)18/h9,16H,3-8H2,1-2H3. The largest absolute Gasteiger partial charge is 0.372 e. The summed E-state index contributed by atoms with van der Waals surface area (Å²) in [5.41, 5.74) is -1.21. The van der Waals surface area contributed by atoms with Crippen molar-refractivity contribution in [3.05, 3.63) is 34.9 Å². The topological polar surface area (TPSA) is 48.0 Å². The number of amides is 1. The maximum Gasteiger partial charge on any atom is 0.284 e. The molecule has 1 rings (SSSR count). The summed E-state index contributed by atoms with van der Waals surface area (Å²) in [6, 6.07) is 0.659. The second-order valence-corrected chi connectivity index (χ2v) is 6.18. The van der Waals surface area contributed by atoms with Crippen molar-refractivity contribution in [3.8, 4) is 0 Å². The zero-order valence-electron chi connectivity index (χ0n) is 14.9. The highest BCUT2D eigenvalue weighted by Crippen LogP contribution is 2.20. The van der Waals surface area contributed by atoms with Crippen LogP contribution in [0.2, 0.25) is 6.04 Å². The van der Waals surface area contributed by atoms with E-state index in [-0.39, 0.29) is 27.4 Å². The zero-order chi connectivity index (χ0) is 20.4. The van der Waals surface area contributed by atoms with Gasteiger partial charge in [-0.15, -0.1) is 0 Å². The van der Waals surface area contributed by atoms with E-state index in [4.69, 9.17) is 13.9 Å². The van der Waals surface area contributed by atoms with Crippen LogP contribution in [0.25, 0.3) is 0 Å². The number of rotatable bonds is 12. The molecule has 1 aromatic rings. The molecule has 0 unspecified atom stereocenters. The fourth-order valence-corrected chi connectivity index (χ4v) is 2.71. The first-order valence-electron chi connectivity index (χ1n) is 8.25. The Morgan fingerprint density at radius 2 is 1.70 bits per heavy atom. The molecular weight excluding hydrogens is 393 g/mol. The molecule has 0 aliphatic rings. The average Bonchev–Trinajstić information content (AvgIpc) is 2.65. The van der Waals surface area contributed by atoms with Crippen molar-refractivity contribution in [1.82, 2.24) is 5.12 Å². The fourth-order valence-electron chi connectivity index (χ4n) is 1.92. The van der Waals surface area contributed by atoms with Crippen LogP contribution in [0.15, 0.2) is 6.07 Å². The summed E-state index contributed by atoms with van der Waals surface area (Å²) in [6.07, 6.45) is 0.659. The van der Waals surface area contributed by atoms with E-state index in [0.717, 1.165) is 0 Å². The molecule has 5 nitrogen and oxygen atoms in total. The van der Waals surface area contributed by atoms with E-state index < -0.39 is 47.8 Å². The van der Waals surface area contributed by atoms with Crippen molar-refractivity contribution < 1.29 is 40.7 Å². The van der Waals surface area contributed by atoms with Gasteiger partial charge in [0, 0.05) is 13.2 Å². The van der Waals surface area contributed by atoms with Gasteiger partial charge in [0.1, 0.15) is 0 Å². The van der Waals surface area contributed by atoms with E-state index in [0.29, 0.717) is 25.7 Å². The predicted octanol–water partition coefficient (Wildman–Crippen LogP) is 3.76. The van der Waals surface area contributed by atoms with Gasteiger partial charge < -0.3 is 13.9 Å². The third kappa shape index (κ3) is 7.16. The normalized spacial score (nSPS) is 11.3. The highest BCUT2D eigenvalue weighted by atomic mass is 28.2. The van der Waals surface area contributed by atoms with Crippen LogP contribution in [0.3, 0.4) is 0 Å². The molecule has 0 spiro atoms. The first-order valence-corrected chi connectivity index (χ1v) is 9.37. The van der Waals surface area contributed by atoms with Crippen LogP contribution >= 0.6 is 0 Å².